The zero-order chi connectivity index (χ0) is 15.7. The molecule has 1 heterocycles. The van der Waals surface area contributed by atoms with Crippen LogP contribution in [0.25, 0.3) is 5.69 Å². The minimum absolute atomic E-state index is 0.215. The van der Waals surface area contributed by atoms with E-state index < -0.39 is 0 Å². The van der Waals surface area contributed by atoms with Gasteiger partial charge in [-0.15, -0.1) is 0 Å². The van der Waals surface area contributed by atoms with Crippen LogP contribution in [0, 0.1) is 6.92 Å². The van der Waals surface area contributed by atoms with E-state index >= 15 is 0 Å². The van der Waals surface area contributed by atoms with E-state index in [0.29, 0.717) is 11.2 Å². The van der Waals surface area contributed by atoms with Crippen LogP contribution in [0.1, 0.15) is 5.69 Å². The molecule has 3 aromatic rings. The highest BCUT2D eigenvalue weighted by atomic mass is 16.3. The van der Waals surface area contributed by atoms with Crippen molar-refractivity contribution in [3.63, 3.8) is 0 Å². The van der Waals surface area contributed by atoms with Crippen LogP contribution in [0.5, 0.6) is 5.75 Å². The maximum absolute atomic E-state index is 9.38. The summed E-state index contributed by atoms with van der Waals surface area (Å²) in [5.41, 5.74) is 10.2. The number of aromatic hydroxyl groups is 1. The van der Waals surface area contributed by atoms with Crippen LogP contribution in [-0.2, 0) is 7.05 Å². The molecule has 3 N–H and O–H groups in total. The Morgan fingerprint density at radius 1 is 1.00 bits per heavy atom. The molecule has 0 atom stereocenters. The first kappa shape index (κ1) is 14.0. The Labute approximate surface area is 128 Å². The van der Waals surface area contributed by atoms with Crippen molar-refractivity contribution in [2.75, 3.05) is 5.73 Å². The van der Waals surface area contributed by atoms with Crippen molar-refractivity contribution in [3.05, 3.63) is 65.8 Å². The molecule has 0 fully saturated rings. The molecule has 0 aliphatic heterocycles. The number of aromatic nitrogens is 2. The van der Waals surface area contributed by atoms with Crippen LogP contribution in [0.4, 0.5) is 11.4 Å². The van der Waals surface area contributed by atoms with Crippen molar-refractivity contribution in [3.8, 4) is 11.4 Å². The maximum Gasteiger partial charge on any atom is 0.177 e. The van der Waals surface area contributed by atoms with Gasteiger partial charge >= 0.3 is 0 Å². The average molecular weight is 294 g/mol. The Balaban J connectivity index is 2.27. The molecule has 0 amide bonds. The van der Waals surface area contributed by atoms with Gasteiger partial charge in [-0.2, -0.15) is 0 Å². The average Bonchev–Trinajstić information content (AvgIpc) is 2.75. The maximum atomic E-state index is 9.38. The van der Waals surface area contributed by atoms with Gasteiger partial charge in [0.15, 0.2) is 5.49 Å². The Bertz CT molecular complexity index is 858. The summed E-state index contributed by atoms with van der Waals surface area (Å²) in [5, 5.41) is 9.38. The van der Waals surface area contributed by atoms with E-state index in [0.717, 1.165) is 17.1 Å². The summed E-state index contributed by atoms with van der Waals surface area (Å²) in [6.45, 7) is 1.96. The lowest BCUT2D eigenvalue weighted by Gasteiger charge is -2.09. The predicted molar refractivity (Wildman–Crippen MR) is 87.2 cm³/mol. The lowest BCUT2D eigenvalue weighted by atomic mass is 10.3. The third-order valence-corrected chi connectivity index (χ3v) is 3.70. The molecule has 112 valence electrons. The highest BCUT2D eigenvalue weighted by molar-refractivity contribution is 5.47. The first-order valence-corrected chi connectivity index (χ1v) is 7.01. The Kier molecular flexibility index (Phi) is 3.47. The molecule has 0 spiro atoms. The topological polar surface area (TPSA) is 68.5 Å². The standard InChI is InChI=1S/C17H18N4O/c1-12-16(18)17(19-13-8-10-15(22)11-9-13)21(20(12)2)14-6-4-3-5-7-14/h3-11,22H,18H2,1-2H3. The minimum atomic E-state index is 0.215. The van der Waals surface area contributed by atoms with Crippen LogP contribution in [-0.4, -0.2) is 14.5 Å². The van der Waals surface area contributed by atoms with Gasteiger partial charge in [0.05, 0.1) is 22.8 Å². The SMILES string of the molecule is Cc1c(N)c(=Nc2ccc(O)cc2)n(-c2ccccc2)n1C. The van der Waals surface area contributed by atoms with E-state index in [4.69, 9.17) is 5.73 Å². The van der Waals surface area contributed by atoms with E-state index in [1.54, 1.807) is 24.3 Å². The van der Waals surface area contributed by atoms with Gasteiger partial charge in [0.1, 0.15) is 5.75 Å². The fraction of sp³-hybridized carbons (Fsp3) is 0.118. The van der Waals surface area contributed by atoms with Crippen molar-refractivity contribution < 1.29 is 5.11 Å². The second kappa shape index (κ2) is 5.44. The van der Waals surface area contributed by atoms with Gasteiger partial charge in [-0.1, -0.05) is 18.2 Å². The number of anilines is 1. The van der Waals surface area contributed by atoms with Gasteiger partial charge in [-0.3, -0.25) is 4.68 Å². The molecule has 5 heteroatoms. The Morgan fingerprint density at radius 2 is 1.64 bits per heavy atom. The zero-order valence-electron chi connectivity index (χ0n) is 12.6. The summed E-state index contributed by atoms with van der Waals surface area (Å²) in [5.74, 6) is 0.215. The smallest absolute Gasteiger partial charge is 0.177 e. The van der Waals surface area contributed by atoms with Gasteiger partial charge in [0.25, 0.3) is 0 Å². The number of nitrogen functional groups attached to an aromatic ring is 1. The summed E-state index contributed by atoms with van der Waals surface area (Å²) >= 11 is 0. The number of benzene rings is 2. The predicted octanol–water partition coefficient (Wildman–Crippen LogP) is 2.64. The molecule has 1 aromatic heterocycles. The molecule has 0 saturated carbocycles. The fourth-order valence-electron chi connectivity index (χ4n) is 2.36. The number of rotatable bonds is 2. The Hall–Kier alpha value is -2.95. The van der Waals surface area contributed by atoms with Crippen LogP contribution in [0.2, 0.25) is 0 Å². The van der Waals surface area contributed by atoms with Gasteiger partial charge in [0.2, 0.25) is 0 Å². The molecule has 0 radical (unpaired) electrons. The molecule has 0 unspecified atom stereocenters. The highest BCUT2D eigenvalue weighted by Crippen LogP contribution is 2.18. The number of hydrogen-bond donors (Lipinski definition) is 2. The van der Waals surface area contributed by atoms with E-state index in [2.05, 4.69) is 4.99 Å². The van der Waals surface area contributed by atoms with E-state index in [9.17, 15) is 5.11 Å². The number of hydrogen-bond acceptors (Lipinski definition) is 3. The lowest BCUT2D eigenvalue weighted by Crippen LogP contribution is -2.22. The first-order valence-electron chi connectivity index (χ1n) is 7.01. The second-order valence-corrected chi connectivity index (χ2v) is 5.12. The molecule has 2 aromatic carbocycles. The van der Waals surface area contributed by atoms with Crippen LogP contribution >= 0.6 is 0 Å². The molecule has 0 aliphatic carbocycles. The highest BCUT2D eigenvalue weighted by Gasteiger charge is 2.11. The van der Waals surface area contributed by atoms with Crippen molar-refractivity contribution in [1.29, 1.82) is 0 Å². The number of nitrogens with two attached hydrogens (primary N) is 1. The van der Waals surface area contributed by atoms with Crippen molar-refractivity contribution in [2.24, 2.45) is 12.0 Å². The zero-order valence-corrected chi connectivity index (χ0v) is 12.6. The largest absolute Gasteiger partial charge is 0.508 e. The number of nitrogens with zero attached hydrogens (tertiary/aromatic N) is 3. The normalized spacial score (nSPS) is 11.8. The summed E-state index contributed by atoms with van der Waals surface area (Å²) < 4.78 is 3.95. The second-order valence-electron chi connectivity index (χ2n) is 5.12. The molecular formula is C17H18N4O. The molecule has 22 heavy (non-hydrogen) atoms. The van der Waals surface area contributed by atoms with Crippen LogP contribution < -0.4 is 11.2 Å². The molecule has 0 saturated heterocycles. The summed E-state index contributed by atoms with van der Waals surface area (Å²) in [6.07, 6.45) is 0. The molecular weight excluding hydrogens is 276 g/mol. The van der Waals surface area contributed by atoms with E-state index in [1.807, 2.05) is 53.7 Å². The fourth-order valence-corrected chi connectivity index (χ4v) is 2.36. The lowest BCUT2D eigenvalue weighted by molar-refractivity contribution is 0.475. The van der Waals surface area contributed by atoms with Crippen molar-refractivity contribution >= 4 is 11.4 Å². The quantitative estimate of drug-likeness (QED) is 0.763. The van der Waals surface area contributed by atoms with E-state index in [-0.39, 0.29) is 5.75 Å². The summed E-state index contributed by atoms with van der Waals surface area (Å²) in [6, 6.07) is 16.7. The van der Waals surface area contributed by atoms with Crippen LogP contribution in [0.3, 0.4) is 0 Å². The minimum Gasteiger partial charge on any atom is -0.508 e. The summed E-state index contributed by atoms with van der Waals surface area (Å²) in [4.78, 5) is 4.65. The molecule has 5 nitrogen and oxygen atoms in total. The van der Waals surface area contributed by atoms with Crippen molar-refractivity contribution in [1.82, 2.24) is 9.36 Å². The molecule has 0 bridgehead atoms. The number of phenolic OH excluding ortho intramolecular Hbond substituents is 1. The third kappa shape index (κ3) is 2.37. The monoisotopic (exact) mass is 294 g/mol. The first-order chi connectivity index (χ1) is 10.6. The van der Waals surface area contributed by atoms with E-state index in [1.165, 1.54) is 0 Å². The number of para-hydroxylation sites is 1. The van der Waals surface area contributed by atoms with Gasteiger partial charge in [0, 0.05) is 7.05 Å². The molecule has 0 aliphatic rings. The number of phenols is 1. The van der Waals surface area contributed by atoms with Gasteiger partial charge in [-0.05, 0) is 43.3 Å². The van der Waals surface area contributed by atoms with Crippen LogP contribution in [0.15, 0.2) is 59.6 Å². The third-order valence-electron chi connectivity index (χ3n) is 3.70. The molecule has 3 rings (SSSR count). The van der Waals surface area contributed by atoms with Gasteiger partial charge in [-0.25, -0.2) is 9.67 Å². The summed E-state index contributed by atoms with van der Waals surface area (Å²) in [7, 11) is 1.95. The van der Waals surface area contributed by atoms with Crippen molar-refractivity contribution in [2.45, 2.75) is 6.92 Å². The van der Waals surface area contributed by atoms with Gasteiger partial charge < -0.3 is 10.8 Å². The Morgan fingerprint density at radius 3 is 2.27 bits per heavy atom.